The number of anilines is 1. The molecular weight excluding hydrogens is 288 g/mol. The van der Waals surface area contributed by atoms with Crippen LogP contribution in [0.15, 0.2) is 36.9 Å². The van der Waals surface area contributed by atoms with Gasteiger partial charge in [0.05, 0.1) is 10.8 Å². The van der Waals surface area contributed by atoms with E-state index in [1.165, 1.54) is 0 Å². The molecule has 1 saturated heterocycles. The Morgan fingerprint density at radius 2 is 2.04 bits per heavy atom. The fourth-order valence-corrected chi connectivity index (χ4v) is 5.30. The fourth-order valence-electron chi connectivity index (χ4n) is 5.30. The number of fused-ring (bicyclic) bond motifs is 1. The second kappa shape index (κ2) is 4.47. The van der Waals surface area contributed by atoms with Crippen molar-refractivity contribution in [3.05, 3.63) is 42.5 Å². The predicted octanol–water partition coefficient (Wildman–Crippen LogP) is 2.35. The molecule has 3 unspecified atom stereocenters. The minimum atomic E-state index is -0.671. The highest BCUT2D eigenvalue weighted by molar-refractivity contribution is 6.11. The van der Waals surface area contributed by atoms with Crippen LogP contribution in [-0.4, -0.2) is 36.3 Å². The Labute approximate surface area is 136 Å². The third kappa shape index (κ3) is 1.38. The number of carbonyl (C=O) groups is 2. The first-order valence-corrected chi connectivity index (χ1v) is 8.34. The summed E-state index contributed by atoms with van der Waals surface area (Å²) in [5.74, 6) is 0.431. The minimum Gasteiger partial charge on any atom is -0.338 e. The summed E-state index contributed by atoms with van der Waals surface area (Å²) in [4.78, 5) is 30.2. The Kier molecular flexibility index (Phi) is 2.81. The number of hydrogen-bond acceptors (Lipinski definition) is 2. The van der Waals surface area contributed by atoms with E-state index in [2.05, 4.69) is 6.58 Å². The van der Waals surface area contributed by atoms with Gasteiger partial charge in [0.25, 0.3) is 0 Å². The summed E-state index contributed by atoms with van der Waals surface area (Å²) < 4.78 is 0. The Hall–Kier alpha value is -2.10. The van der Waals surface area contributed by atoms with Crippen molar-refractivity contribution in [3.8, 4) is 0 Å². The summed E-state index contributed by atoms with van der Waals surface area (Å²) in [6.07, 6.45) is 2.56. The molecule has 1 aromatic carbocycles. The SMILES string of the molecule is C=CCN1CC2CC3(C)C(=O)N(CC)c4ccccc4C23C1=O. The molecule has 0 aromatic heterocycles. The molecule has 1 spiro atoms. The van der Waals surface area contributed by atoms with Gasteiger partial charge >= 0.3 is 0 Å². The average molecular weight is 310 g/mol. The maximum absolute atomic E-state index is 13.3. The molecule has 3 atom stereocenters. The summed E-state index contributed by atoms with van der Waals surface area (Å²) in [6.45, 7) is 9.66. The van der Waals surface area contributed by atoms with Gasteiger partial charge in [0.2, 0.25) is 11.8 Å². The van der Waals surface area contributed by atoms with Crippen LogP contribution in [-0.2, 0) is 15.0 Å². The van der Waals surface area contributed by atoms with Gasteiger partial charge in [-0.3, -0.25) is 9.59 Å². The number of para-hydroxylation sites is 1. The molecule has 1 aliphatic carbocycles. The topological polar surface area (TPSA) is 40.6 Å². The quantitative estimate of drug-likeness (QED) is 0.804. The molecule has 2 amide bonds. The van der Waals surface area contributed by atoms with Crippen molar-refractivity contribution in [1.82, 2.24) is 4.90 Å². The van der Waals surface area contributed by atoms with Crippen molar-refractivity contribution >= 4 is 17.5 Å². The zero-order chi connectivity index (χ0) is 16.4. The van der Waals surface area contributed by atoms with Crippen LogP contribution < -0.4 is 4.90 Å². The Bertz CT molecular complexity index is 728. The zero-order valence-electron chi connectivity index (χ0n) is 13.7. The molecule has 1 aromatic rings. The normalized spacial score (nSPS) is 34.6. The number of benzene rings is 1. The van der Waals surface area contributed by atoms with Crippen LogP contribution in [0.1, 0.15) is 25.8 Å². The van der Waals surface area contributed by atoms with Crippen molar-refractivity contribution < 1.29 is 9.59 Å². The maximum atomic E-state index is 13.3. The van der Waals surface area contributed by atoms with Crippen LogP contribution >= 0.6 is 0 Å². The molecule has 4 heteroatoms. The summed E-state index contributed by atoms with van der Waals surface area (Å²) in [5, 5.41) is 0. The Morgan fingerprint density at radius 3 is 2.74 bits per heavy atom. The number of amides is 2. The van der Waals surface area contributed by atoms with E-state index < -0.39 is 10.8 Å². The summed E-state index contributed by atoms with van der Waals surface area (Å²) in [7, 11) is 0. The molecule has 0 N–H and O–H groups in total. The van der Waals surface area contributed by atoms with Crippen molar-refractivity contribution in [2.45, 2.75) is 25.7 Å². The lowest BCUT2D eigenvalue weighted by Gasteiger charge is -2.61. The minimum absolute atomic E-state index is 0.101. The highest BCUT2D eigenvalue weighted by Crippen LogP contribution is 2.69. The standard InChI is InChI=1S/C19H22N2O2/c1-4-10-20-12-13-11-18(3)16(22)21(5-2)15-9-7-6-8-14(15)19(13,18)17(20)23/h4,6-9,13H,1,5,10-12H2,2-3H3. The second-order valence-corrected chi connectivity index (χ2v) is 7.11. The number of likely N-dealkylation sites (tertiary alicyclic amines) is 1. The maximum Gasteiger partial charge on any atom is 0.235 e. The summed E-state index contributed by atoms with van der Waals surface area (Å²) in [5.41, 5.74) is 0.664. The van der Waals surface area contributed by atoms with Gasteiger partial charge in [0, 0.05) is 25.3 Å². The van der Waals surface area contributed by atoms with Crippen molar-refractivity contribution in [3.63, 3.8) is 0 Å². The zero-order valence-corrected chi connectivity index (χ0v) is 13.7. The van der Waals surface area contributed by atoms with Gasteiger partial charge in [-0.05, 0) is 37.8 Å². The van der Waals surface area contributed by atoms with Crippen LogP contribution in [0.25, 0.3) is 0 Å². The fraction of sp³-hybridized carbons (Fsp3) is 0.474. The second-order valence-electron chi connectivity index (χ2n) is 7.11. The molecule has 120 valence electrons. The summed E-state index contributed by atoms with van der Waals surface area (Å²) >= 11 is 0. The number of nitrogens with zero attached hydrogens (tertiary/aromatic N) is 2. The summed E-state index contributed by atoms with van der Waals surface area (Å²) in [6, 6.07) is 7.95. The molecule has 0 bridgehead atoms. The lowest BCUT2D eigenvalue weighted by Crippen LogP contribution is -2.71. The molecule has 3 aliphatic rings. The largest absolute Gasteiger partial charge is 0.338 e. The van der Waals surface area contributed by atoms with Gasteiger partial charge in [0.15, 0.2) is 0 Å². The molecule has 2 heterocycles. The van der Waals surface area contributed by atoms with Gasteiger partial charge in [-0.2, -0.15) is 0 Å². The third-order valence-electron chi connectivity index (χ3n) is 6.21. The highest BCUT2D eigenvalue weighted by Gasteiger charge is 2.77. The smallest absolute Gasteiger partial charge is 0.235 e. The van der Waals surface area contributed by atoms with Crippen molar-refractivity contribution in [2.75, 3.05) is 24.5 Å². The van der Waals surface area contributed by atoms with Gasteiger partial charge < -0.3 is 9.80 Å². The van der Waals surface area contributed by atoms with Gasteiger partial charge in [-0.1, -0.05) is 24.3 Å². The highest BCUT2D eigenvalue weighted by atomic mass is 16.2. The third-order valence-corrected chi connectivity index (χ3v) is 6.21. The number of hydrogen-bond donors (Lipinski definition) is 0. The number of rotatable bonds is 3. The predicted molar refractivity (Wildman–Crippen MR) is 89.1 cm³/mol. The first kappa shape index (κ1) is 14.5. The Morgan fingerprint density at radius 1 is 1.30 bits per heavy atom. The van der Waals surface area contributed by atoms with Gasteiger partial charge in [0.1, 0.15) is 0 Å². The van der Waals surface area contributed by atoms with Crippen LogP contribution in [0.3, 0.4) is 0 Å². The molecule has 1 saturated carbocycles. The first-order chi connectivity index (χ1) is 11.0. The monoisotopic (exact) mass is 310 g/mol. The van der Waals surface area contributed by atoms with Crippen molar-refractivity contribution in [1.29, 1.82) is 0 Å². The Balaban J connectivity index is 1.96. The molecule has 4 rings (SSSR count). The van der Waals surface area contributed by atoms with E-state index in [9.17, 15) is 9.59 Å². The van der Waals surface area contributed by atoms with Gasteiger partial charge in [-0.25, -0.2) is 0 Å². The molecular formula is C19H22N2O2. The van der Waals surface area contributed by atoms with Crippen LogP contribution in [0.5, 0.6) is 0 Å². The molecule has 2 fully saturated rings. The molecule has 2 aliphatic heterocycles. The number of carbonyl (C=O) groups excluding carboxylic acids is 2. The lowest BCUT2D eigenvalue weighted by molar-refractivity contribution is -0.158. The first-order valence-electron chi connectivity index (χ1n) is 8.34. The lowest BCUT2D eigenvalue weighted by atomic mass is 9.41. The van der Waals surface area contributed by atoms with Crippen LogP contribution in [0.4, 0.5) is 5.69 Å². The van der Waals surface area contributed by atoms with E-state index in [0.29, 0.717) is 13.1 Å². The van der Waals surface area contributed by atoms with E-state index in [1.807, 2.05) is 47.9 Å². The van der Waals surface area contributed by atoms with E-state index in [-0.39, 0.29) is 17.7 Å². The van der Waals surface area contributed by atoms with E-state index in [0.717, 1.165) is 24.2 Å². The van der Waals surface area contributed by atoms with Crippen LogP contribution in [0.2, 0.25) is 0 Å². The molecule has 0 radical (unpaired) electrons. The van der Waals surface area contributed by atoms with E-state index in [1.54, 1.807) is 6.08 Å². The van der Waals surface area contributed by atoms with Gasteiger partial charge in [-0.15, -0.1) is 6.58 Å². The van der Waals surface area contributed by atoms with Crippen molar-refractivity contribution in [2.24, 2.45) is 11.3 Å². The van der Waals surface area contributed by atoms with Crippen LogP contribution in [0, 0.1) is 11.3 Å². The average Bonchev–Trinajstić information content (AvgIpc) is 2.75. The van der Waals surface area contributed by atoms with E-state index >= 15 is 0 Å². The van der Waals surface area contributed by atoms with E-state index in [4.69, 9.17) is 0 Å². The molecule has 23 heavy (non-hydrogen) atoms. The molecule has 4 nitrogen and oxygen atoms in total.